The number of amides is 1. The Kier molecular flexibility index (Phi) is 5.18. The van der Waals surface area contributed by atoms with E-state index in [1.807, 2.05) is 30.3 Å². The molecule has 1 amide bonds. The Morgan fingerprint density at radius 3 is 2.38 bits per heavy atom. The first-order chi connectivity index (χ1) is 11.7. The molecule has 0 fully saturated rings. The van der Waals surface area contributed by atoms with Crippen molar-refractivity contribution in [3.8, 4) is 11.3 Å². The summed E-state index contributed by atoms with van der Waals surface area (Å²) < 4.78 is 12.9. The summed E-state index contributed by atoms with van der Waals surface area (Å²) in [7, 11) is 0. The van der Waals surface area contributed by atoms with E-state index in [2.05, 4.69) is 15.5 Å². The first-order valence-corrected chi connectivity index (χ1v) is 8.27. The molecule has 3 aromatic rings. The smallest absolute Gasteiger partial charge is 0.234 e. The summed E-state index contributed by atoms with van der Waals surface area (Å²) in [5.41, 5.74) is 2.22. The lowest BCUT2D eigenvalue weighted by atomic mass is 10.1. The Morgan fingerprint density at radius 1 is 0.958 bits per heavy atom. The molecule has 0 unspecified atom stereocenters. The van der Waals surface area contributed by atoms with E-state index in [0.717, 1.165) is 11.3 Å². The highest BCUT2D eigenvalue weighted by atomic mass is 32.2. The molecule has 1 N–H and O–H groups in total. The molecule has 120 valence electrons. The normalized spacial score (nSPS) is 10.4. The molecule has 0 aliphatic carbocycles. The Bertz CT molecular complexity index is 808. The number of rotatable bonds is 5. The number of aromatic nitrogens is 2. The molecule has 4 nitrogen and oxygen atoms in total. The minimum atomic E-state index is -0.289. The van der Waals surface area contributed by atoms with E-state index in [1.54, 1.807) is 24.3 Å². The van der Waals surface area contributed by atoms with Gasteiger partial charge in [0.2, 0.25) is 5.91 Å². The van der Waals surface area contributed by atoms with Crippen molar-refractivity contribution in [2.24, 2.45) is 0 Å². The fourth-order valence-electron chi connectivity index (χ4n) is 2.03. The first-order valence-electron chi connectivity index (χ1n) is 7.28. The molecule has 0 aliphatic rings. The molecule has 24 heavy (non-hydrogen) atoms. The van der Waals surface area contributed by atoms with Gasteiger partial charge in [0.05, 0.1) is 11.4 Å². The maximum absolute atomic E-state index is 12.9. The predicted molar refractivity (Wildman–Crippen MR) is 93.2 cm³/mol. The van der Waals surface area contributed by atoms with Crippen LogP contribution in [0.1, 0.15) is 0 Å². The van der Waals surface area contributed by atoms with Crippen molar-refractivity contribution in [2.45, 2.75) is 5.03 Å². The van der Waals surface area contributed by atoms with Crippen LogP contribution >= 0.6 is 11.8 Å². The maximum atomic E-state index is 12.9. The Balaban J connectivity index is 1.56. The molecule has 0 aliphatic heterocycles. The Hall–Kier alpha value is -2.73. The van der Waals surface area contributed by atoms with Crippen molar-refractivity contribution in [3.63, 3.8) is 0 Å². The zero-order chi connectivity index (χ0) is 16.8. The number of carbonyl (C=O) groups excluding carboxylic acids is 1. The monoisotopic (exact) mass is 339 g/mol. The van der Waals surface area contributed by atoms with Gasteiger partial charge in [0, 0.05) is 11.3 Å². The molecule has 1 heterocycles. The van der Waals surface area contributed by atoms with Gasteiger partial charge in [0.15, 0.2) is 0 Å². The average Bonchev–Trinajstić information content (AvgIpc) is 2.62. The maximum Gasteiger partial charge on any atom is 0.234 e. The summed E-state index contributed by atoms with van der Waals surface area (Å²) in [5, 5.41) is 11.7. The molecule has 6 heteroatoms. The van der Waals surface area contributed by atoms with Crippen LogP contribution in [0.2, 0.25) is 0 Å². The van der Waals surface area contributed by atoms with Gasteiger partial charge < -0.3 is 5.32 Å². The number of nitrogens with one attached hydrogen (secondary N) is 1. The van der Waals surface area contributed by atoms with Crippen molar-refractivity contribution in [2.75, 3.05) is 11.1 Å². The Morgan fingerprint density at radius 2 is 1.71 bits per heavy atom. The minimum absolute atomic E-state index is 0.101. The molecular weight excluding hydrogens is 325 g/mol. The van der Waals surface area contributed by atoms with Crippen LogP contribution in [-0.2, 0) is 4.79 Å². The van der Waals surface area contributed by atoms with Crippen molar-refractivity contribution >= 4 is 23.4 Å². The van der Waals surface area contributed by atoms with Crippen LogP contribution in [-0.4, -0.2) is 21.9 Å². The number of anilines is 1. The van der Waals surface area contributed by atoms with Crippen molar-refractivity contribution in [3.05, 3.63) is 72.5 Å². The second-order valence-corrected chi connectivity index (χ2v) is 5.96. The molecule has 0 radical (unpaired) electrons. The molecule has 0 bridgehead atoms. The van der Waals surface area contributed by atoms with Gasteiger partial charge in [-0.15, -0.1) is 10.2 Å². The average molecular weight is 339 g/mol. The molecule has 0 atom stereocenters. The number of hydrogen-bond acceptors (Lipinski definition) is 4. The van der Waals surface area contributed by atoms with E-state index < -0.39 is 0 Å². The number of carbonyl (C=O) groups is 1. The van der Waals surface area contributed by atoms with Gasteiger partial charge in [-0.2, -0.15) is 0 Å². The zero-order valence-electron chi connectivity index (χ0n) is 12.6. The highest BCUT2D eigenvalue weighted by molar-refractivity contribution is 7.99. The summed E-state index contributed by atoms with van der Waals surface area (Å²) in [6, 6.07) is 19.0. The number of halogens is 1. The minimum Gasteiger partial charge on any atom is -0.325 e. The number of benzene rings is 2. The fraction of sp³-hybridized carbons (Fsp3) is 0.0556. The second kappa shape index (κ2) is 7.70. The fourth-order valence-corrected chi connectivity index (χ4v) is 2.64. The standard InChI is InChI=1S/C18H14FN3OS/c19-14-8-6-13(7-9-14)16-10-11-18(22-21-16)24-12-17(23)20-15-4-2-1-3-5-15/h1-11H,12H2,(H,20,23). The van der Waals surface area contributed by atoms with Crippen LogP contribution in [0.25, 0.3) is 11.3 Å². The molecule has 0 saturated heterocycles. The zero-order valence-corrected chi connectivity index (χ0v) is 13.5. The number of para-hydroxylation sites is 1. The summed E-state index contributed by atoms with van der Waals surface area (Å²) in [5.74, 6) is -0.140. The Labute approximate surface area is 143 Å². The third-order valence-corrected chi connectivity index (χ3v) is 4.11. The quantitative estimate of drug-likeness (QED) is 0.714. The SMILES string of the molecule is O=C(CSc1ccc(-c2ccc(F)cc2)nn1)Nc1ccccc1. The van der Waals surface area contributed by atoms with Crippen LogP contribution in [0.15, 0.2) is 71.8 Å². The molecular formula is C18H14FN3OS. The highest BCUT2D eigenvalue weighted by Crippen LogP contribution is 2.20. The van der Waals surface area contributed by atoms with Gasteiger partial charge in [0.25, 0.3) is 0 Å². The van der Waals surface area contributed by atoms with Gasteiger partial charge in [-0.05, 0) is 48.5 Å². The third kappa shape index (κ3) is 4.39. The summed E-state index contributed by atoms with van der Waals surface area (Å²) >= 11 is 1.31. The lowest BCUT2D eigenvalue weighted by Gasteiger charge is -2.05. The molecule has 3 rings (SSSR count). The third-order valence-electron chi connectivity index (χ3n) is 3.19. The molecule has 0 saturated carbocycles. The van der Waals surface area contributed by atoms with Gasteiger partial charge in [0.1, 0.15) is 10.8 Å². The van der Waals surface area contributed by atoms with E-state index in [4.69, 9.17) is 0 Å². The van der Waals surface area contributed by atoms with Gasteiger partial charge >= 0.3 is 0 Å². The topological polar surface area (TPSA) is 54.9 Å². The van der Waals surface area contributed by atoms with E-state index in [-0.39, 0.29) is 17.5 Å². The van der Waals surface area contributed by atoms with E-state index in [0.29, 0.717) is 10.7 Å². The number of thioether (sulfide) groups is 1. The van der Waals surface area contributed by atoms with E-state index in [1.165, 1.54) is 23.9 Å². The molecule has 2 aromatic carbocycles. The predicted octanol–water partition coefficient (Wildman–Crippen LogP) is 4.01. The van der Waals surface area contributed by atoms with E-state index in [9.17, 15) is 9.18 Å². The van der Waals surface area contributed by atoms with E-state index >= 15 is 0 Å². The van der Waals surface area contributed by atoms with Crippen LogP contribution in [0, 0.1) is 5.82 Å². The van der Waals surface area contributed by atoms with Crippen LogP contribution < -0.4 is 5.32 Å². The molecule has 0 spiro atoms. The molecule has 1 aromatic heterocycles. The number of hydrogen-bond donors (Lipinski definition) is 1. The second-order valence-electron chi connectivity index (χ2n) is 4.97. The lowest BCUT2D eigenvalue weighted by Crippen LogP contribution is -2.13. The van der Waals surface area contributed by atoms with Crippen LogP contribution in [0.3, 0.4) is 0 Å². The first kappa shape index (κ1) is 16.1. The number of nitrogens with zero attached hydrogens (tertiary/aromatic N) is 2. The highest BCUT2D eigenvalue weighted by Gasteiger charge is 2.06. The van der Waals surface area contributed by atoms with Crippen LogP contribution in [0.5, 0.6) is 0 Å². The summed E-state index contributed by atoms with van der Waals surface area (Å²) in [6.07, 6.45) is 0. The summed E-state index contributed by atoms with van der Waals surface area (Å²) in [6.45, 7) is 0. The van der Waals surface area contributed by atoms with Crippen molar-refractivity contribution in [1.82, 2.24) is 10.2 Å². The van der Waals surface area contributed by atoms with Gasteiger partial charge in [-0.1, -0.05) is 30.0 Å². The lowest BCUT2D eigenvalue weighted by molar-refractivity contribution is -0.113. The van der Waals surface area contributed by atoms with Gasteiger partial charge in [-0.25, -0.2) is 4.39 Å². The van der Waals surface area contributed by atoms with Crippen molar-refractivity contribution < 1.29 is 9.18 Å². The van der Waals surface area contributed by atoms with Gasteiger partial charge in [-0.3, -0.25) is 4.79 Å². The van der Waals surface area contributed by atoms with Crippen LogP contribution in [0.4, 0.5) is 10.1 Å². The van der Waals surface area contributed by atoms with Crippen molar-refractivity contribution in [1.29, 1.82) is 0 Å². The largest absolute Gasteiger partial charge is 0.325 e. The summed E-state index contributed by atoms with van der Waals surface area (Å²) in [4.78, 5) is 11.9.